The third kappa shape index (κ3) is 3.56. The van der Waals surface area contributed by atoms with Crippen LogP contribution < -0.4 is 10.2 Å². The van der Waals surface area contributed by atoms with Gasteiger partial charge in [0, 0.05) is 29.9 Å². The summed E-state index contributed by atoms with van der Waals surface area (Å²) in [6.45, 7) is 6.02. The Morgan fingerprint density at radius 1 is 1.25 bits per heavy atom. The maximum atomic E-state index is 12.6. The summed E-state index contributed by atoms with van der Waals surface area (Å²) >= 11 is 1.86. The number of rotatable bonds is 5. The molecule has 0 bridgehead atoms. The molecule has 1 aliphatic rings. The van der Waals surface area contributed by atoms with Crippen molar-refractivity contribution in [1.82, 2.24) is 10.3 Å². The molecule has 1 aromatic heterocycles. The van der Waals surface area contributed by atoms with Crippen molar-refractivity contribution in [3.63, 3.8) is 0 Å². The first-order chi connectivity index (χ1) is 11.7. The number of anilines is 1. The number of pyridine rings is 1. The molecule has 24 heavy (non-hydrogen) atoms. The smallest absolute Gasteiger partial charge is 0.253 e. The van der Waals surface area contributed by atoms with Gasteiger partial charge in [-0.3, -0.25) is 4.79 Å². The van der Waals surface area contributed by atoms with Crippen LogP contribution in [0.15, 0.2) is 47.5 Å². The van der Waals surface area contributed by atoms with Crippen LogP contribution in [0.3, 0.4) is 0 Å². The maximum absolute atomic E-state index is 12.6. The zero-order valence-electron chi connectivity index (χ0n) is 14.2. The van der Waals surface area contributed by atoms with Crippen molar-refractivity contribution in [1.29, 1.82) is 0 Å². The largest absolute Gasteiger partial charge is 0.357 e. The first-order valence-electron chi connectivity index (χ1n) is 8.46. The minimum absolute atomic E-state index is 0.0553. The molecule has 0 fully saturated rings. The standard InChI is InChI=1S/C19H23N3OS/c1-3-22(4-2)18-10-9-14(13-20-18)19(23)21-16-11-12-24-17-8-6-5-7-15(16)17/h5-10,13,16H,3-4,11-12H2,1-2H3,(H,21,23)/t16-/m1/s1. The molecule has 0 spiro atoms. The molecule has 0 saturated carbocycles. The van der Waals surface area contributed by atoms with Crippen molar-refractivity contribution in [3.05, 3.63) is 53.7 Å². The van der Waals surface area contributed by atoms with Gasteiger partial charge < -0.3 is 10.2 Å². The Labute approximate surface area is 147 Å². The number of benzene rings is 1. The molecule has 126 valence electrons. The first-order valence-corrected chi connectivity index (χ1v) is 9.45. The molecule has 0 unspecified atom stereocenters. The molecule has 5 heteroatoms. The maximum Gasteiger partial charge on any atom is 0.253 e. The van der Waals surface area contributed by atoms with Gasteiger partial charge >= 0.3 is 0 Å². The van der Waals surface area contributed by atoms with Crippen LogP contribution in [0.2, 0.25) is 0 Å². The van der Waals surface area contributed by atoms with Crippen LogP contribution in [-0.2, 0) is 0 Å². The van der Waals surface area contributed by atoms with Gasteiger partial charge in [-0.05, 0) is 44.0 Å². The summed E-state index contributed by atoms with van der Waals surface area (Å²) in [6.07, 6.45) is 2.63. The quantitative estimate of drug-likeness (QED) is 0.896. The van der Waals surface area contributed by atoms with Crippen molar-refractivity contribution in [2.45, 2.75) is 31.2 Å². The van der Waals surface area contributed by atoms with Crippen molar-refractivity contribution in [2.24, 2.45) is 0 Å². The summed E-state index contributed by atoms with van der Waals surface area (Å²) in [5, 5.41) is 3.16. The van der Waals surface area contributed by atoms with Gasteiger partial charge in [-0.15, -0.1) is 11.8 Å². The van der Waals surface area contributed by atoms with Gasteiger partial charge in [0.1, 0.15) is 5.82 Å². The predicted molar refractivity (Wildman–Crippen MR) is 99.8 cm³/mol. The molecule has 1 amide bonds. The molecule has 2 heterocycles. The fraction of sp³-hybridized carbons (Fsp3) is 0.368. The number of hydrogen-bond acceptors (Lipinski definition) is 4. The van der Waals surface area contributed by atoms with Crippen LogP contribution in [0.4, 0.5) is 5.82 Å². The van der Waals surface area contributed by atoms with Crippen LogP contribution in [0.25, 0.3) is 0 Å². The van der Waals surface area contributed by atoms with Crippen molar-refractivity contribution in [3.8, 4) is 0 Å². The number of hydrogen-bond donors (Lipinski definition) is 1. The highest BCUT2D eigenvalue weighted by Gasteiger charge is 2.22. The van der Waals surface area contributed by atoms with Crippen molar-refractivity contribution in [2.75, 3.05) is 23.7 Å². The van der Waals surface area contributed by atoms with Gasteiger partial charge in [-0.25, -0.2) is 4.98 Å². The van der Waals surface area contributed by atoms with E-state index in [1.165, 1.54) is 10.5 Å². The third-order valence-corrected chi connectivity index (χ3v) is 5.48. The molecule has 3 rings (SSSR count). The molecule has 0 aliphatic carbocycles. The lowest BCUT2D eigenvalue weighted by Gasteiger charge is -2.26. The fourth-order valence-corrected chi connectivity index (χ4v) is 4.11. The summed E-state index contributed by atoms with van der Waals surface area (Å²) in [7, 11) is 0. The molecule has 1 N–H and O–H groups in total. The number of amides is 1. The van der Waals surface area contributed by atoms with E-state index in [-0.39, 0.29) is 11.9 Å². The highest BCUT2D eigenvalue weighted by atomic mass is 32.2. The Morgan fingerprint density at radius 2 is 2.04 bits per heavy atom. The minimum Gasteiger partial charge on any atom is -0.357 e. The lowest BCUT2D eigenvalue weighted by atomic mass is 10.0. The average molecular weight is 341 g/mol. The van der Waals surface area contributed by atoms with Crippen molar-refractivity contribution < 1.29 is 4.79 Å². The summed E-state index contributed by atoms with van der Waals surface area (Å²) in [5.74, 6) is 1.89. The Hall–Kier alpha value is -2.01. The topological polar surface area (TPSA) is 45.2 Å². The predicted octanol–water partition coefficient (Wildman–Crippen LogP) is 3.89. The second-order valence-corrected chi connectivity index (χ2v) is 6.92. The van der Waals surface area contributed by atoms with Crippen LogP contribution in [0, 0.1) is 0 Å². The number of thioether (sulfide) groups is 1. The molecular weight excluding hydrogens is 318 g/mol. The Balaban J connectivity index is 1.72. The summed E-state index contributed by atoms with van der Waals surface area (Å²) < 4.78 is 0. The van der Waals surface area contributed by atoms with Gasteiger partial charge in [-0.1, -0.05) is 18.2 Å². The van der Waals surface area contributed by atoms with E-state index in [1.807, 2.05) is 36.0 Å². The van der Waals surface area contributed by atoms with E-state index in [4.69, 9.17) is 0 Å². The number of carbonyl (C=O) groups is 1. The SMILES string of the molecule is CCN(CC)c1ccc(C(=O)N[C@@H]2CCSc3ccccc32)cn1. The van der Waals surface area contributed by atoms with Gasteiger partial charge in [-0.2, -0.15) is 0 Å². The Morgan fingerprint density at radius 3 is 2.75 bits per heavy atom. The normalized spacial score (nSPS) is 16.3. The molecule has 0 radical (unpaired) electrons. The summed E-state index contributed by atoms with van der Waals surface area (Å²) in [6, 6.07) is 12.2. The minimum atomic E-state index is -0.0553. The van der Waals surface area contributed by atoms with E-state index in [9.17, 15) is 4.79 Å². The highest BCUT2D eigenvalue weighted by molar-refractivity contribution is 7.99. The molecule has 1 aromatic carbocycles. The molecule has 1 aliphatic heterocycles. The highest BCUT2D eigenvalue weighted by Crippen LogP contribution is 2.35. The molecule has 1 atom stereocenters. The average Bonchev–Trinajstić information content (AvgIpc) is 2.63. The number of carbonyl (C=O) groups excluding carboxylic acids is 1. The monoisotopic (exact) mass is 341 g/mol. The summed E-state index contributed by atoms with van der Waals surface area (Å²) in [5.41, 5.74) is 1.83. The van der Waals surface area contributed by atoms with Gasteiger partial charge in [0.15, 0.2) is 0 Å². The van der Waals surface area contributed by atoms with Crippen LogP contribution in [0.5, 0.6) is 0 Å². The van der Waals surface area contributed by atoms with Gasteiger partial charge in [0.2, 0.25) is 0 Å². The van der Waals surface area contributed by atoms with E-state index >= 15 is 0 Å². The summed E-state index contributed by atoms with van der Waals surface area (Å²) in [4.78, 5) is 20.4. The third-order valence-electron chi connectivity index (χ3n) is 4.36. The second kappa shape index (κ2) is 7.71. The van der Waals surface area contributed by atoms with Crippen LogP contribution in [-0.4, -0.2) is 29.7 Å². The van der Waals surface area contributed by atoms with E-state index in [1.54, 1.807) is 6.20 Å². The van der Waals surface area contributed by atoms with E-state index in [0.717, 1.165) is 31.1 Å². The number of nitrogens with zero attached hydrogens (tertiary/aromatic N) is 2. The van der Waals surface area contributed by atoms with Crippen LogP contribution in [0.1, 0.15) is 42.2 Å². The van der Waals surface area contributed by atoms with Crippen LogP contribution >= 0.6 is 11.8 Å². The lowest BCUT2D eigenvalue weighted by molar-refractivity contribution is 0.0934. The van der Waals surface area contributed by atoms with Gasteiger partial charge in [0.05, 0.1) is 11.6 Å². The molecule has 0 saturated heterocycles. The molecule has 2 aromatic rings. The van der Waals surface area contributed by atoms with Crippen molar-refractivity contribution >= 4 is 23.5 Å². The Bertz CT molecular complexity index is 698. The second-order valence-electron chi connectivity index (χ2n) is 5.78. The number of nitrogens with one attached hydrogen (secondary N) is 1. The zero-order chi connectivity index (χ0) is 16.9. The first kappa shape index (κ1) is 16.8. The van der Waals surface area contributed by atoms with Gasteiger partial charge in [0.25, 0.3) is 5.91 Å². The van der Waals surface area contributed by atoms with E-state index in [0.29, 0.717) is 5.56 Å². The molecular formula is C19H23N3OS. The zero-order valence-corrected chi connectivity index (χ0v) is 15.0. The number of aromatic nitrogens is 1. The number of fused-ring (bicyclic) bond motifs is 1. The van der Waals surface area contributed by atoms with E-state index < -0.39 is 0 Å². The Kier molecular flexibility index (Phi) is 5.41. The lowest BCUT2D eigenvalue weighted by Crippen LogP contribution is -2.31. The fourth-order valence-electron chi connectivity index (χ4n) is 2.99. The molecule has 4 nitrogen and oxygen atoms in total. The van der Waals surface area contributed by atoms with E-state index in [2.05, 4.69) is 41.2 Å².